The van der Waals surface area contributed by atoms with Gasteiger partial charge in [-0.05, 0) is 54.8 Å². The molecule has 2 aliphatic rings. The van der Waals surface area contributed by atoms with Crippen LogP contribution in [0.2, 0.25) is 0 Å². The molecule has 0 radical (unpaired) electrons. The number of hydrogen-bond acceptors (Lipinski definition) is 4. The summed E-state index contributed by atoms with van der Waals surface area (Å²) in [6.07, 6.45) is 1.28. The monoisotopic (exact) mass is 445 g/mol. The van der Waals surface area contributed by atoms with Gasteiger partial charge in [0.15, 0.2) is 6.10 Å². The summed E-state index contributed by atoms with van der Waals surface area (Å²) in [5.41, 5.74) is 6.18. The molecule has 0 spiro atoms. The third kappa shape index (κ3) is 5.33. The van der Waals surface area contributed by atoms with Gasteiger partial charge in [0.2, 0.25) is 0 Å². The van der Waals surface area contributed by atoms with Crippen LogP contribution in [0.3, 0.4) is 0 Å². The van der Waals surface area contributed by atoms with Crippen molar-refractivity contribution in [2.24, 2.45) is 0 Å². The highest BCUT2D eigenvalue weighted by molar-refractivity contribution is 5.73. The van der Waals surface area contributed by atoms with Gasteiger partial charge in [-0.15, -0.1) is 0 Å². The van der Waals surface area contributed by atoms with E-state index in [0.717, 1.165) is 19.4 Å². The van der Waals surface area contributed by atoms with Gasteiger partial charge in [-0.3, -0.25) is 0 Å². The molecule has 3 aromatic carbocycles. The minimum atomic E-state index is -1.41. The van der Waals surface area contributed by atoms with Gasteiger partial charge < -0.3 is 19.8 Å². The van der Waals surface area contributed by atoms with Gasteiger partial charge in [0.05, 0.1) is 12.2 Å². The molecule has 0 bridgehead atoms. The van der Waals surface area contributed by atoms with E-state index in [9.17, 15) is 4.79 Å². The standard InChI is InChI=1S/C20H23NO.C8H8O3/c1-21(2)13-16-12-19-17-9-5-3-7-14(17)11-15-8-4-6-10-18(15)20(19)22-16;9-7(8(10)11)6-4-2-1-3-5-6/h3-10,16,19-20H,11-13H2,1-2H3;1-5,7,9H,(H,10,11). The molecule has 3 aromatic rings. The van der Waals surface area contributed by atoms with Crippen LogP contribution >= 0.6 is 0 Å². The van der Waals surface area contributed by atoms with Crippen LogP contribution in [0.15, 0.2) is 78.9 Å². The lowest BCUT2D eigenvalue weighted by atomic mass is 9.87. The summed E-state index contributed by atoms with van der Waals surface area (Å²) in [6.45, 7) is 0.997. The molecule has 0 saturated carbocycles. The third-order valence-corrected chi connectivity index (χ3v) is 6.34. The number of likely N-dealkylation sites (N-methyl/N-ethyl adjacent to an activating group) is 1. The second kappa shape index (κ2) is 10.3. The van der Waals surface area contributed by atoms with E-state index in [1.165, 1.54) is 22.3 Å². The summed E-state index contributed by atoms with van der Waals surface area (Å²) in [5, 5.41) is 17.4. The van der Waals surface area contributed by atoms with Gasteiger partial charge in [-0.25, -0.2) is 4.79 Å². The van der Waals surface area contributed by atoms with Crippen molar-refractivity contribution in [1.29, 1.82) is 0 Å². The number of benzene rings is 3. The average molecular weight is 446 g/mol. The van der Waals surface area contributed by atoms with Crippen LogP contribution in [-0.2, 0) is 16.0 Å². The number of fused-ring (bicyclic) bond motifs is 5. The lowest BCUT2D eigenvalue weighted by molar-refractivity contribution is -0.146. The Labute approximate surface area is 195 Å². The second-order valence-electron chi connectivity index (χ2n) is 9.01. The summed E-state index contributed by atoms with van der Waals surface area (Å²) >= 11 is 0. The largest absolute Gasteiger partial charge is 0.479 e. The fourth-order valence-electron chi connectivity index (χ4n) is 4.88. The molecule has 0 aromatic heterocycles. The number of nitrogens with zero attached hydrogens (tertiary/aromatic N) is 1. The summed E-state index contributed by atoms with van der Waals surface area (Å²) in [4.78, 5) is 12.5. The van der Waals surface area contributed by atoms with Crippen molar-refractivity contribution in [3.8, 4) is 0 Å². The van der Waals surface area contributed by atoms with Gasteiger partial charge in [-0.2, -0.15) is 0 Å². The molecule has 5 rings (SSSR count). The number of aliphatic carboxylic acids is 1. The topological polar surface area (TPSA) is 70.0 Å². The van der Waals surface area contributed by atoms with Crippen molar-refractivity contribution in [2.45, 2.75) is 37.1 Å². The first-order chi connectivity index (χ1) is 15.9. The van der Waals surface area contributed by atoms with Crippen LogP contribution in [0, 0.1) is 0 Å². The van der Waals surface area contributed by atoms with Crippen LogP contribution in [0.4, 0.5) is 0 Å². The van der Waals surface area contributed by atoms with Crippen molar-refractivity contribution in [1.82, 2.24) is 4.90 Å². The highest BCUT2D eigenvalue weighted by Crippen LogP contribution is 2.49. The van der Waals surface area contributed by atoms with Crippen molar-refractivity contribution in [3.63, 3.8) is 0 Å². The van der Waals surface area contributed by atoms with Gasteiger partial charge in [-0.1, -0.05) is 78.9 Å². The predicted octanol–water partition coefficient (Wildman–Crippen LogP) is 4.57. The van der Waals surface area contributed by atoms with Crippen molar-refractivity contribution in [3.05, 3.63) is 107 Å². The fourth-order valence-corrected chi connectivity index (χ4v) is 4.88. The van der Waals surface area contributed by atoms with Gasteiger partial charge in [0, 0.05) is 12.5 Å². The number of aliphatic hydroxyl groups excluding tert-OH is 1. The first-order valence-corrected chi connectivity index (χ1v) is 11.4. The summed E-state index contributed by atoms with van der Waals surface area (Å²) in [5.74, 6) is -0.735. The molecule has 1 aliphatic heterocycles. The molecule has 5 heteroatoms. The van der Waals surface area contributed by atoms with Crippen LogP contribution in [0.25, 0.3) is 0 Å². The average Bonchev–Trinajstić information content (AvgIpc) is 3.17. The van der Waals surface area contributed by atoms with Crippen LogP contribution in [-0.4, -0.2) is 47.8 Å². The number of carboxylic acids is 1. The number of rotatable bonds is 4. The van der Waals surface area contributed by atoms with Crippen LogP contribution < -0.4 is 0 Å². The highest BCUT2D eigenvalue weighted by atomic mass is 16.5. The van der Waals surface area contributed by atoms with E-state index in [1.807, 2.05) is 0 Å². The number of aliphatic hydroxyl groups is 1. The zero-order valence-electron chi connectivity index (χ0n) is 19.1. The van der Waals surface area contributed by atoms with E-state index in [0.29, 0.717) is 17.6 Å². The molecular formula is C28H31NO4. The Kier molecular flexibility index (Phi) is 7.23. The Bertz CT molecular complexity index is 1030. The molecule has 1 heterocycles. The molecule has 5 nitrogen and oxygen atoms in total. The van der Waals surface area contributed by atoms with E-state index in [1.54, 1.807) is 30.3 Å². The van der Waals surface area contributed by atoms with Crippen LogP contribution in [0.1, 0.15) is 52.4 Å². The summed E-state index contributed by atoms with van der Waals surface area (Å²) in [7, 11) is 4.25. The fraction of sp³-hybridized carbons (Fsp3) is 0.321. The minimum absolute atomic E-state index is 0.213. The molecule has 33 heavy (non-hydrogen) atoms. The van der Waals surface area contributed by atoms with E-state index in [2.05, 4.69) is 67.5 Å². The van der Waals surface area contributed by atoms with Gasteiger partial charge >= 0.3 is 5.97 Å². The lowest BCUT2D eigenvalue weighted by Gasteiger charge is -2.20. The molecular weight excluding hydrogens is 414 g/mol. The van der Waals surface area contributed by atoms with Gasteiger partial charge in [0.25, 0.3) is 0 Å². The van der Waals surface area contributed by atoms with Crippen molar-refractivity contribution in [2.75, 3.05) is 20.6 Å². The van der Waals surface area contributed by atoms with Crippen molar-refractivity contribution < 1.29 is 19.7 Å². The number of carbonyl (C=O) groups is 1. The molecule has 0 amide bonds. The Morgan fingerprint density at radius 1 is 0.939 bits per heavy atom. The van der Waals surface area contributed by atoms with E-state index in [-0.39, 0.29) is 6.10 Å². The highest BCUT2D eigenvalue weighted by Gasteiger charge is 2.40. The Hall–Kier alpha value is -2.99. The molecule has 1 aliphatic carbocycles. The maximum Gasteiger partial charge on any atom is 0.337 e. The summed E-state index contributed by atoms with van der Waals surface area (Å²) in [6, 6.07) is 26.0. The first-order valence-electron chi connectivity index (χ1n) is 11.4. The lowest BCUT2D eigenvalue weighted by Crippen LogP contribution is -2.25. The molecule has 2 N–H and O–H groups in total. The first kappa shape index (κ1) is 23.2. The number of ether oxygens (including phenoxy) is 1. The maximum absolute atomic E-state index is 10.2. The zero-order chi connectivity index (χ0) is 23.4. The molecule has 1 fully saturated rings. The number of carboxylic acid groups (broad SMARTS) is 1. The molecule has 4 atom stereocenters. The summed E-state index contributed by atoms with van der Waals surface area (Å²) < 4.78 is 6.50. The van der Waals surface area contributed by atoms with E-state index < -0.39 is 12.1 Å². The Morgan fingerprint density at radius 2 is 1.52 bits per heavy atom. The Morgan fingerprint density at radius 3 is 2.15 bits per heavy atom. The van der Waals surface area contributed by atoms with Crippen molar-refractivity contribution >= 4 is 5.97 Å². The normalized spacial score (nSPS) is 21.6. The smallest absolute Gasteiger partial charge is 0.337 e. The predicted molar refractivity (Wildman–Crippen MR) is 128 cm³/mol. The van der Waals surface area contributed by atoms with E-state index >= 15 is 0 Å². The van der Waals surface area contributed by atoms with E-state index in [4.69, 9.17) is 14.9 Å². The van der Waals surface area contributed by atoms with Gasteiger partial charge in [0.1, 0.15) is 0 Å². The second-order valence-corrected chi connectivity index (χ2v) is 9.01. The maximum atomic E-state index is 10.2. The minimum Gasteiger partial charge on any atom is -0.479 e. The molecule has 1 saturated heterocycles. The zero-order valence-corrected chi connectivity index (χ0v) is 19.1. The number of hydrogen-bond donors (Lipinski definition) is 2. The van der Waals surface area contributed by atoms with Crippen LogP contribution in [0.5, 0.6) is 0 Å². The Balaban J connectivity index is 0.000000200. The molecule has 4 unspecified atom stereocenters. The SMILES string of the molecule is CN(C)CC1CC2c3ccccc3Cc3ccccc3C2O1.O=C(O)C(O)c1ccccc1. The quantitative estimate of drug-likeness (QED) is 0.616. The molecule has 172 valence electrons. The third-order valence-electron chi connectivity index (χ3n) is 6.34.